The minimum atomic E-state index is 0.123. The molecule has 0 saturated carbocycles. The van der Waals surface area contributed by atoms with Gasteiger partial charge in [-0.2, -0.15) is 0 Å². The number of hydrogen-bond donors (Lipinski definition) is 1. The maximum Gasteiger partial charge on any atom is 0.0741 e. The highest BCUT2D eigenvalue weighted by Gasteiger charge is 2.38. The van der Waals surface area contributed by atoms with Gasteiger partial charge in [0.05, 0.1) is 5.60 Å². The molecule has 3 heterocycles. The molecule has 1 spiro atoms. The predicted octanol–water partition coefficient (Wildman–Crippen LogP) is 1.65. The molecule has 4 heteroatoms. The highest BCUT2D eigenvalue weighted by Crippen LogP contribution is 2.34. The summed E-state index contributed by atoms with van der Waals surface area (Å²) in [6.45, 7) is 6.39. The van der Waals surface area contributed by atoms with Gasteiger partial charge in [-0.05, 0) is 64.6 Å². The van der Waals surface area contributed by atoms with Gasteiger partial charge in [0.25, 0.3) is 0 Å². The van der Waals surface area contributed by atoms with Crippen molar-refractivity contribution in [3.8, 4) is 0 Å². The molecule has 20 heavy (non-hydrogen) atoms. The van der Waals surface area contributed by atoms with Gasteiger partial charge in [-0.3, -0.25) is 0 Å². The average molecular weight is 282 g/mol. The largest absolute Gasteiger partial charge is 0.381 e. The van der Waals surface area contributed by atoms with E-state index in [9.17, 15) is 0 Å². The fourth-order valence-corrected chi connectivity index (χ4v) is 4.07. The van der Waals surface area contributed by atoms with E-state index in [1.54, 1.807) is 0 Å². The number of rotatable bonds is 3. The summed E-state index contributed by atoms with van der Waals surface area (Å²) >= 11 is 0. The minimum Gasteiger partial charge on any atom is -0.381 e. The molecule has 2 unspecified atom stereocenters. The molecule has 3 aliphatic rings. The molecular weight excluding hydrogens is 252 g/mol. The van der Waals surface area contributed by atoms with Gasteiger partial charge < -0.3 is 19.7 Å². The molecule has 0 bridgehead atoms. The molecular formula is C16H30N2O2. The maximum atomic E-state index is 6.12. The van der Waals surface area contributed by atoms with E-state index in [4.69, 9.17) is 9.47 Å². The third kappa shape index (κ3) is 3.73. The number of hydrogen-bond acceptors (Lipinski definition) is 4. The van der Waals surface area contributed by atoms with Crippen molar-refractivity contribution in [3.63, 3.8) is 0 Å². The Kier molecular flexibility index (Phi) is 4.97. The van der Waals surface area contributed by atoms with E-state index in [0.717, 1.165) is 38.6 Å². The second-order valence-corrected chi connectivity index (χ2v) is 7.01. The van der Waals surface area contributed by atoms with Crippen molar-refractivity contribution in [2.75, 3.05) is 46.5 Å². The van der Waals surface area contributed by atoms with E-state index in [2.05, 4.69) is 17.3 Å². The molecule has 4 nitrogen and oxygen atoms in total. The van der Waals surface area contributed by atoms with Gasteiger partial charge in [0.2, 0.25) is 0 Å². The van der Waals surface area contributed by atoms with Crippen LogP contribution < -0.4 is 5.32 Å². The second kappa shape index (κ2) is 6.73. The first kappa shape index (κ1) is 14.8. The number of ether oxygens (including phenoxy) is 2. The van der Waals surface area contributed by atoms with Crippen LogP contribution in [-0.2, 0) is 9.47 Å². The normalized spacial score (nSPS) is 35.2. The van der Waals surface area contributed by atoms with E-state index >= 15 is 0 Å². The van der Waals surface area contributed by atoms with E-state index < -0.39 is 0 Å². The summed E-state index contributed by atoms with van der Waals surface area (Å²) in [7, 11) is 2.25. The quantitative estimate of drug-likeness (QED) is 0.853. The van der Waals surface area contributed by atoms with Gasteiger partial charge in [0.15, 0.2) is 0 Å². The SMILES string of the molecule is CN1CCCC(CNC2CCOC3(CCOCC3)C2)C1. The summed E-state index contributed by atoms with van der Waals surface area (Å²) in [5, 5.41) is 3.84. The van der Waals surface area contributed by atoms with E-state index in [-0.39, 0.29) is 5.60 Å². The lowest BCUT2D eigenvalue weighted by Gasteiger charge is -2.44. The first-order valence-electron chi connectivity index (χ1n) is 8.39. The van der Waals surface area contributed by atoms with Crippen LogP contribution in [0, 0.1) is 5.92 Å². The summed E-state index contributed by atoms with van der Waals surface area (Å²) in [6.07, 6.45) is 7.26. The van der Waals surface area contributed by atoms with Gasteiger partial charge in [-0.25, -0.2) is 0 Å². The molecule has 116 valence electrons. The van der Waals surface area contributed by atoms with Crippen LogP contribution in [0.3, 0.4) is 0 Å². The summed E-state index contributed by atoms with van der Waals surface area (Å²) in [4.78, 5) is 2.47. The van der Waals surface area contributed by atoms with Crippen molar-refractivity contribution in [3.05, 3.63) is 0 Å². The number of likely N-dealkylation sites (tertiary alicyclic amines) is 1. The van der Waals surface area contributed by atoms with Crippen LogP contribution in [0.25, 0.3) is 0 Å². The second-order valence-electron chi connectivity index (χ2n) is 7.01. The number of nitrogens with zero attached hydrogens (tertiary/aromatic N) is 1. The van der Waals surface area contributed by atoms with E-state index in [0.29, 0.717) is 6.04 Å². The molecule has 3 rings (SSSR count). The predicted molar refractivity (Wildman–Crippen MR) is 80.0 cm³/mol. The monoisotopic (exact) mass is 282 g/mol. The molecule has 2 atom stereocenters. The number of piperidine rings is 1. The fraction of sp³-hybridized carbons (Fsp3) is 1.00. The van der Waals surface area contributed by atoms with Crippen molar-refractivity contribution in [2.24, 2.45) is 5.92 Å². The van der Waals surface area contributed by atoms with Gasteiger partial charge in [-0.15, -0.1) is 0 Å². The van der Waals surface area contributed by atoms with Crippen LogP contribution >= 0.6 is 0 Å². The smallest absolute Gasteiger partial charge is 0.0741 e. The molecule has 0 aromatic carbocycles. The summed E-state index contributed by atoms with van der Waals surface area (Å²) in [6, 6.07) is 0.647. The molecule has 1 N–H and O–H groups in total. The van der Waals surface area contributed by atoms with Crippen molar-refractivity contribution < 1.29 is 9.47 Å². The Balaban J connectivity index is 1.45. The van der Waals surface area contributed by atoms with Crippen LogP contribution in [0.5, 0.6) is 0 Å². The lowest BCUT2D eigenvalue weighted by atomic mass is 9.84. The zero-order chi connectivity index (χ0) is 13.8. The zero-order valence-electron chi connectivity index (χ0n) is 12.9. The maximum absolute atomic E-state index is 6.12. The Morgan fingerprint density at radius 2 is 2.05 bits per heavy atom. The molecule has 0 aromatic rings. The molecule has 0 radical (unpaired) electrons. The van der Waals surface area contributed by atoms with Crippen LogP contribution in [0.4, 0.5) is 0 Å². The Morgan fingerprint density at radius 3 is 2.85 bits per heavy atom. The third-order valence-electron chi connectivity index (χ3n) is 5.31. The fourth-order valence-electron chi connectivity index (χ4n) is 4.07. The van der Waals surface area contributed by atoms with Crippen LogP contribution in [0.2, 0.25) is 0 Å². The first-order chi connectivity index (χ1) is 9.76. The standard InChI is InChI=1S/C16H30N2O2/c1-18-7-2-3-14(13-18)12-17-15-4-8-20-16(11-15)5-9-19-10-6-16/h14-15,17H,2-13H2,1H3. The van der Waals surface area contributed by atoms with Crippen molar-refractivity contribution in [2.45, 2.75) is 50.2 Å². The van der Waals surface area contributed by atoms with Crippen LogP contribution in [-0.4, -0.2) is 63.0 Å². The molecule has 0 amide bonds. The van der Waals surface area contributed by atoms with Crippen molar-refractivity contribution in [1.82, 2.24) is 10.2 Å². The van der Waals surface area contributed by atoms with Crippen molar-refractivity contribution >= 4 is 0 Å². The summed E-state index contributed by atoms with van der Waals surface area (Å²) in [5.41, 5.74) is 0.123. The van der Waals surface area contributed by atoms with Crippen LogP contribution in [0.15, 0.2) is 0 Å². The summed E-state index contributed by atoms with van der Waals surface area (Å²) in [5.74, 6) is 0.835. The Hall–Kier alpha value is -0.160. The summed E-state index contributed by atoms with van der Waals surface area (Å²) < 4.78 is 11.6. The lowest BCUT2D eigenvalue weighted by Crippen LogP contribution is -2.51. The molecule has 0 aliphatic carbocycles. The Labute approximate surface area is 123 Å². The third-order valence-corrected chi connectivity index (χ3v) is 5.31. The van der Waals surface area contributed by atoms with Gasteiger partial charge in [-0.1, -0.05) is 0 Å². The lowest BCUT2D eigenvalue weighted by molar-refractivity contribution is -0.140. The average Bonchev–Trinajstić information content (AvgIpc) is 2.46. The van der Waals surface area contributed by atoms with Crippen LogP contribution in [0.1, 0.15) is 38.5 Å². The topological polar surface area (TPSA) is 33.7 Å². The first-order valence-corrected chi connectivity index (χ1v) is 8.39. The Bertz CT molecular complexity index is 299. The zero-order valence-corrected chi connectivity index (χ0v) is 12.9. The van der Waals surface area contributed by atoms with Gasteiger partial charge in [0.1, 0.15) is 0 Å². The minimum absolute atomic E-state index is 0.123. The molecule has 3 fully saturated rings. The molecule has 3 saturated heterocycles. The molecule has 0 aromatic heterocycles. The Morgan fingerprint density at radius 1 is 1.20 bits per heavy atom. The number of nitrogens with one attached hydrogen (secondary N) is 1. The van der Waals surface area contributed by atoms with Crippen molar-refractivity contribution in [1.29, 1.82) is 0 Å². The highest BCUT2D eigenvalue weighted by molar-refractivity contribution is 4.92. The van der Waals surface area contributed by atoms with Gasteiger partial charge in [0, 0.05) is 32.4 Å². The van der Waals surface area contributed by atoms with E-state index in [1.165, 1.54) is 45.3 Å². The molecule has 3 aliphatic heterocycles. The van der Waals surface area contributed by atoms with Gasteiger partial charge >= 0.3 is 0 Å². The van der Waals surface area contributed by atoms with E-state index in [1.807, 2.05) is 0 Å². The highest BCUT2D eigenvalue weighted by atomic mass is 16.5.